The molecule has 4 nitrogen and oxygen atoms in total. The van der Waals surface area contributed by atoms with Crippen molar-refractivity contribution in [2.45, 2.75) is 18.9 Å². The quantitative estimate of drug-likeness (QED) is 0.802. The van der Waals surface area contributed by atoms with Crippen molar-refractivity contribution >= 4 is 16.8 Å². The summed E-state index contributed by atoms with van der Waals surface area (Å²) in [6, 6.07) is 3.25. The maximum absolute atomic E-state index is 12.3. The highest BCUT2D eigenvalue weighted by atomic mass is 35.5. The van der Waals surface area contributed by atoms with Crippen molar-refractivity contribution in [3.05, 3.63) is 23.8 Å². The second-order valence-electron chi connectivity index (χ2n) is 4.09. The average molecular weight is 311 g/mol. The van der Waals surface area contributed by atoms with Crippen LogP contribution in [0, 0.1) is 0 Å². The summed E-state index contributed by atoms with van der Waals surface area (Å²) in [5.41, 5.74) is 0.0232. The van der Waals surface area contributed by atoms with Gasteiger partial charge in [0.25, 0.3) is 5.24 Å². The molecule has 0 amide bonds. The fourth-order valence-electron chi connectivity index (χ4n) is 1.72. The van der Waals surface area contributed by atoms with Crippen molar-refractivity contribution in [3.63, 3.8) is 0 Å². The summed E-state index contributed by atoms with van der Waals surface area (Å²) in [4.78, 5) is 11.1. The van der Waals surface area contributed by atoms with E-state index in [9.17, 15) is 18.0 Å². The smallest absolute Gasteiger partial charge is 0.484 e. The van der Waals surface area contributed by atoms with Crippen molar-refractivity contribution in [2.24, 2.45) is 0 Å². The molecule has 20 heavy (non-hydrogen) atoms. The number of halogens is 4. The van der Waals surface area contributed by atoms with Gasteiger partial charge >= 0.3 is 6.36 Å². The minimum Gasteiger partial charge on any atom is -0.484 e. The van der Waals surface area contributed by atoms with Gasteiger partial charge in [-0.1, -0.05) is 0 Å². The number of carbonyl (C=O) groups excluding carboxylic acids is 1. The molecule has 1 aromatic rings. The van der Waals surface area contributed by atoms with Gasteiger partial charge < -0.3 is 14.2 Å². The van der Waals surface area contributed by atoms with Crippen LogP contribution in [-0.4, -0.2) is 30.9 Å². The molecule has 2 rings (SSSR count). The summed E-state index contributed by atoms with van der Waals surface area (Å²) < 4.78 is 51.2. The zero-order chi connectivity index (χ0) is 14.8. The summed E-state index contributed by atoms with van der Waals surface area (Å²) >= 11 is 5.30. The summed E-state index contributed by atoms with van der Waals surface area (Å²) in [6.45, 7) is 0.735. The summed E-state index contributed by atoms with van der Waals surface area (Å²) in [5, 5.41) is -0.795. The fourth-order valence-corrected chi connectivity index (χ4v) is 1.83. The highest BCUT2D eigenvalue weighted by Gasteiger charge is 2.33. The van der Waals surface area contributed by atoms with Crippen LogP contribution in [0.2, 0.25) is 0 Å². The van der Waals surface area contributed by atoms with Crippen molar-refractivity contribution in [1.82, 2.24) is 0 Å². The van der Waals surface area contributed by atoms with Crippen LogP contribution in [0.1, 0.15) is 16.8 Å². The molecule has 0 bridgehead atoms. The predicted molar refractivity (Wildman–Crippen MR) is 63.2 cm³/mol. The third kappa shape index (κ3) is 4.01. The first kappa shape index (κ1) is 14.9. The van der Waals surface area contributed by atoms with Crippen LogP contribution in [0.15, 0.2) is 18.2 Å². The molecule has 0 spiro atoms. The molecule has 0 N–H and O–H groups in total. The fraction of sp³-hybridized carbons (Fsp3) is 0.417. The Labute approximate surface area is 117 Å². The van der Waals surface area contributed by atoms with E-state index in [0.29, 0.717) is 13.0 Å². The lowest BCUT2D eigenvalue weighted by molar-refractivity contribution is -0.275. The van der Waals surface area contributed by atoms with Crippen LogP contribution >= 0.6 is 11.6 Å². The molecule has 110 valence electrons. The molecular weight excluding hydrogens is 301 g/mol. The van der Waals surface area contributed by atoms with Crippen LogP contribution < -0.4 is 9.47 Å². The van der Waals surface area contributed by atoms with Crippen molar-refractivity contribution in [2.75, 3.05) is 13.2 Å². The van der Waals surface area contributed by atoms with E-state index in [0.717, 1.165) is 18.2 Å². The van der Waals surface area contributed by atoms with E-state index < -0.39 is 17.4 Å². The Bertz CT molecular complexity index is 498. The maximum Gasteiger partial charge on any atom is 0.573 e. The second-order valence-corrected chi connectivity index (χ2v) is 4.43. The standard InChI is InChI=1S/C12H10ClF3O4/c13-11(17)7-1-2-9(20-12(14,15)16)10(5-7)19-8-3-4-18-6-8/h1-2,5,8H,3-4,6H2. The Morgan fingerprint density at radius 1 is 1.35 bits per heavy atom. The van der Waals surface area contributed by atoms with E-state index in [-0.39, 0.29) is 24.0 Å². The highest BCUT2D eigenvalue weighted by Crippen LogP contribution is 2.34. The van der Waals surface area contributed by atoms with Gasteiger partial charge in [-0.2, -0.15) is 0 Å². The second kappa shape index (κ2) is 5.88. The van der Waals surface area contributed by atoms with Crippen LogP contribution in [0.5, 0.6) is 11.5 Å². The predicted octanol–water partition coefficient (Wildman–Crippen LogP) is 3.13. The van der Waals surface area contributed by atoms with Crippen molar-refractivity contribution in [3.8, 4) is 11.5 Å². The highest BCUT2D eigenvalue weighted by molar-refractivity contribution is 6.67. The molecule has 0 radical (unpaired) electrons. The van der Waals surface area contributed by atoms with Gasteiger partial charge in [-0.15, -0.1) is 13.2 Å². The molecule has 0 aliphatic carbocycles. The van der Waals surface area contributed by atoms with Crippen LogP contribution in [-0.2, 0) is 4.74 Å². The molecule has 1 unspecified atom stereocenters. The Hall–Kier alpha value is -1.47. The van der Waals surface area contributed by atoms with Gasteiger partial charge in [-0.05, 0) is 29.8 Å². The lowest BCUT2D eigenvalue weighted by Crippen LogP contribution is -2.20. The van der Waals surface area contributed by atoms with Gasteiger partial charge in [-0.25, -0.2) is 0 Å². The molecule has 1 fully saturated rings. The zero-order valence-corrected chi connectivity index (χ0v) is 10.8. The molecule has 8 heteroatoms. The van der Waals surface area contributed by atoms with E-state index in [1.807, 2.05) is 0 Å². The van der Waals surface area contributed by atoms with E-state index >= 15 is 0 Å². The minimum atomic E-state index is -4.85. The average Bonchev–Trinajstić information content (AvgIpc) is 2.82. The number of rotatable bonds is 4. The Kier molecular flexibility index (Phi) is 4.39. The van der Waals surface area contributed by atoms with Gasteiger partial charge in [0.2, 0.25) is 0 Å². The first-order valence-corrected chi connectivity index (χ1v) is 6.07. The first-order chi connectivity index (χ1) is 9.35. The Balaban J connectivity index is 2.26. The molecule has 0 aromatic heterocycles. The van der Waals surface area contributed by atoms with Gasteiger partial charge in [0.1, 0.15) is 6.10 Å². The maximum atomic E-state index is 12.3. The topological polar surface area (TPSA) is 44.8 Å². The number of hydrogen-bond donors (Lipinski definition) is 0. The Morgan fingerprint density at radius 2 is 2.10 bits per heavy atom. The largest absolute Gasteiger partial charge is 0.573 e. The molecule has 1 saturated heterocycles. The minimum absolute atomic E-state index is 0.0232. The number of ether oxygens (including phenoxy) is 3. The number of hydrogen-bond acceptors (Lipinski definition) is 4. The molecule has 0 saturated carbocycles. The normalized spacial score (nSPS) is 18.9. The van der Waals surface area contributed by atoms with E-state index in [2.05, 4.69) is 4.74 Å². The molecule has 1 aromatic carbocycles. The van der Waals surface area contributed by atoms with Gasteiger partial charge in [0.15, 0.2) is 11.5 Å². The zero-order valence-electron chi connectivity index (χ0n) is 10.1. The Morgan fingerprint density at radius 3 is 2.65 bits per heavy atom. The molecule has 1 aliphatic rings. The first-order valence-electron chi connectivity index (χ1n) is 5.69. The number of alkyl halides is 3. The van der Waals surface area contributed by atoms with Crippen LogP contribution in [0.3, 0.4) is 0 Å². The summed E-state index contributed by atoms with van der Waals surface area (Å²) in [6.07, 6.45) is -4.69. The molecule has 1 heterocycles. The van der Waals surface area contributed by atoms with E-state index in [4.69, 9.17) is 21.1 Å². The van der Waals surface area contributed by atoms with Gasteiger partial charge in [-0.3, -0.25) is 4.79 Å². The van der Waals surface area contributed by atoms with E-state index in [1.54, 1.807) is 0 Å². The third-order valence-corrected chi connectivity index (χ3v) is 2.80. The van der Waals surface area contributed by atoms with Crippen LogP contribution in [0.25, 0.3) is 0 Å². The number of carbonyl (C=O) groups is 1. The monoisotopic (exact) mass is 310 g/mol. The molecular formula is C12H10ClF3O4. The summed E-state index contributed by atoms with van der Waals surface area (Å²) in [7, 11) is 0. The SMILES string of the molecule is O=C(Cl)c1ccc(OC(F)(F)F)c(OC2CCOC2)c1. The lowest BCUT2D eigenvalue weighted by atomic mass is 10.2. The lowest BCUT2D eigenvalue weighted by Gasteiger charge is -2.17. The van der Waals surface area contributed by atoms with Gasteiger partial charge in [0.05, 0.1) is 13.2 Å². The number of benzene rings is 1. The molecule has 1 aliphatic heterocycles. The van der Waals surface area contributed by atoms with Gasteiger partial charge in [0, 0.05) is 12.0 Å². The van der Waals surface area contributed by atoms with Crippen LogP contribution in [0.4, 0.5) is 13.2 Å². The summed E-state index contributed by atoms with van der Waals surface area (Å²) in [5.74, 6) is -0.713. The van der Waals surface area contributed by atoms with Crippen molar-refractivity contribution < 1.29 is 32.2 Å². The molecule has 1 atom stereocenters. The third-order valence-electron chi connectivity index (χ3n) is 2.58. The van der Waals surface area contributed by atoms with E-state index in [1.165, 1.54) is 0 Å². The van der Waals surface area contributed by atoms with Crippen molar-refractivity contribution in [1.29, 1.82) is 0 Å².